The number of aromatic nitrogens is 3. The van der Waals surface area contributed by atoms with Crippen LogP contribution in [0, 0.1) is 0 Å². The maximum absolute atomic E-state index is 11.8. The van der Waals surface area contributed by atoms with Crippen molar-refractivity contribution >= 4 is 29.0 Å². The SMILES string of the molecule is FC(F)CCNc1nc(Cl)nnc1Cl. The summed E-state index contributed by atoms with van der Waals surface area (Å²) < 4.78 is 23.5. The molecule has 0 atom stereocenters. The Balaban J connectivity index is 2.53. The summed E-state index contributed by atoms with van der Waals surface area (Å²) >= 11 is 11.0. The molecule has 0 radical (unpaired) electrons. The van der Waals surface area contributed by atoms with E-state index < -0.39 is 6.43 Å². The van der Waals surface area contributed by atoms with E-state index in [-0.39, 0.29) is 29.2 Å². The Labute approximate surface area is 88.6 Å². The first-order valence-electron chi connectivity index (χ1n) is 3.67. The average molecular weight is 243 g/mol. The monoisotopic (exact) mass is 242 g/mol. The van der Waals surface area contributed by atoms with Crippen molar-refractivity contribution < 1.29 is 8.78 Å². The van der Waals surface area contributed by atoms with Crippen LogP contribution in [-0.4, -0.2) is 28.2 Å². The predicted molar refractivity (Wildman–Crippen MR) is 49.0 cm³/mol. The normalized spacial score (nSPS) is 10.6. The molecule has 8 heteroatoms. The summed E-state index contributed by atoms with van der Waals surface area (Å²) in [4.78, 5) is 3.67. The van der Waals surface area contributed by atoms with E-state index in [1.54, 1.807) is 0 Å². The number of nitrogens with one attached hydrogen (secondary N) is 1. The zero-order valence-corrected chi connectivity index (χ0v) is 8.36. The van der Waals surface area contributed by atoms with Crippen molar-refractivity contribution in [3.05, 3.63) is 10.4 Å². The van der Waals surface area contributed by atoms with Crippen molar-refractivity contribution in [1.82, 2.24) is 15.2 Å². The Kier molecular flexibility index (Phi) is 4.21. The molecule has 0 spiro atoms. The topological polar surface area (TPSA) is 50.7 Å². The Hall–Kier alpha value is -0.750. The third-order valence-electron chi connectivity index (χ3n) is 1.27. The maximum atomic E-state index is 11.8. The van der Waals surface area contributed by atoms with E-state index in [1.807, 2.05) is 0 Å². The molecule has 1 N–H and O–H groups in total. The summed E-state index contributed by atoms with van der Waals surface area (Å²) in [5.41, 5.74) is 0. The molecule has 0 bridgehead atoms. The van der Waals surface area contributed by atoms with Crippen LogP contribution in [0.25, 0.3) is 0 Å². The summed E-state index contributed by atoms with van der Waals surface area (Å²) in [6, 6.07) is 0. The lowest BCUT2D eigenvalue weighted by Gasteiger charge is -2.05. The summed E-state index contributed by atoms with van der Waals surface area (Å²) in [5.74, 6) is 0.160. The fourth-order valence-electron chi connectivity index (χ4n) is 0.705. The standard InChI is InChI=1S/C6H6Cl2F2N4/c7-4-5(11-2-1-3(9)10)12-6(8)14-13-4/h3H,1-2H2,(H,11,12,14). The van der Waals surface area contributed by atoms with Crippen LogP contribution in [0.15, 0.2) is 0 Å². The number of halogens is 4. The van der Waals surface area contributed by atoms with Gasteiger partial charge in [0.05, 0.1) is 0 Å². The second kappa shape index (κ2) is 5.21. The number of rotatable bonds is 4. The van der Waals surface area contributed by atoms with Gasteiger partial charge in [-0.05, 0) is 11.6 Å². The van der Waals surface area contributed by atoms with E-state index in [9.17, 15) is 8.78 Å². The van der Waals surface area contributed by atoms with Crippen LogP contribution >= 0.6 is 23.2 Å². The molecule has 1 heterocycles. The summed E-state index contributed by atoms with van der Waals surface area (Å²) in [6.45, 7) is 0.0480. The lowest BCUT2D eigenvalue weighted by atomic mass is 10.4. The molecule has 0 aliphatic carbocycles. The molecule has 4 nitrogen and oxygen atoms in total. The Morgan fingerprint density at radius 3 is 2.64 bits per heavy atom. The molecule has 0 saturated heterocycles. The zero-order valence-electron chi connectivity index (χ0n) is 6.85. The average Bonchev–Trinajstić information content (AvgIpc) is 2.10. The molecule has 1 aromatic rings. The largest absolute Gasteiger partial charge is 0.367 e. The minimum absolute atomic E-state index is 0.00339. The molecule has 1 aromatic heterocycles. The fourth-order valence-corrected chi connectivity index (χ4v) is 0.975. The highest BCUT2D eigenvalue weighted by Gasteiger charge is 2.07. The molecule has 14 heavy (non-hydrogen) atoms. The van der Waals surface area contributed by atoms with E-state index in [4.69, 9.17) is 23.2 Å². The third-order valence-corrected chi connectivity index (χ3v) is 1.69. The maximum Gasteiger partial charge on any atom is 0.245 e. The number of nitrogens with zero attached hydrogens (tertiary/aromatic N) is 3. The lowest BCUT2D eigenvalue weighted by molar-refractivity contribution is 0.142. The van der Waals surface area contributed by atoms with Gasteiger partial charge in [-0.15, -0.1) is 10.2 Å². The van der Waals surface area contributed by atoms with Gasteiger partial charge in [-0.1, -0.05) is 11.6 Å². The van der Waals surface area contributed by atoms with Crippen LogP contribution in [0.4, 0.5) is 14.6 Å². The molecule has 0 aromatic carbocycles. The number of alkyl halides is 2. The van der Waals surface area contributed by atoms with Gasteiger partial charge in [0.15, 0.2) is 11.0 Å². The van der Waals surface area contributed by atoms with Crippen LogP contribution in [-0.2, 0) is 0 Å². The number of hydrogen-bond donors (Lipinski definition) is 1. The summed E-state index contributed by atoms with van der Waals surface area (Å²) in [5, 5.41) is 9.30. The van der Waals surface area contributed by atoms with Gasteiger partial charge in [-0.2, -0.15) is 4.98 Å². The van der Waals surface area contributed by atoms with Crippen LogP contribution in [0.1, 0.15) is 6.42 Å². The van der Waals surface area contributed by atoms with Gasteiger partial charge in [0.25, 0.3) is 0 Å². The second-order valence-electron chi connectivity index (χ2n) is 2.33. The van der Waals surface area contributed by atoms with Crippen molar-refractivity contribution in [2.75, 3.05) is 11.9 Å². The fraction of sp³-hybridized carbons (Fsp3) is 0.500. The van der Waals surface area contributed by atoms with Gasteiger partial charge in [-0.3, -0.25) is 0 Å². The Morgan fingerprint density at radius 2 is 2.00 bits per heavy atom. The van der Waals surface area contributed by atoms with Gasteiger partial charge < -0.3 is 5.32 Å². The van der Waals surface area contributed by atoms with Gasteiger partial charge in [0.1, 0.15) is 0 Å². The van der Waals surface area contributed by atoms with Crippen LogP contribution in [0.3, 0.4) is 0 Å². The molecule has 78 valence electrons. The first kappa shape index (κ1) is 11.3. The van der Waals surface area contributed by atoms with Gasteiger partial charge in [-0.25, -0.2) is 8.78 Å². The highest BCUT2D eigenvalue weighted by Crippen LogP contribution is 2.16. The third kappa shape index (κ3) is 3.55. The minimum Gasteiger partial charge on any atom is -0.367 e. The summed E-state index contributed by atoms with van der Waals surface area (Å²) in [7, 11) is 0. The van der Waals surface area contributed by atoms with Crippen LogP contribution in [0.2, 0.25) is 10.4 Å². The van der Waals surface area contributed by atoms with Crippen LogP contribution < -0.4 is 5.32 Å². The van der Waals surface area contributed by atoms with Gasteiger partial charge in [0.2, 0.25) is 11.7 Å². The quantitative estimate of drug-likeness (QED) is 0.880. The molecule has 0 aliphatic rings. The molecular weight excluding hydrogens is 237 g/mol. The number of hydrogen-bond acceptors (Lipinski definition) is 4. The van der Waals surface area contributed by atoms with E-state index in [0.29, 0.717) is 0 Å². The van der Waals surface area contributed by atoms with Crippen LogP contribution in [0.5, 0.6) is 0 Å². The highest BCUT2D eigenvalue weighted by molar-refractivity contribution is 6.32. The van der Waals surface area contributed by atoms with Crippen molar-refractivity contribution in [2.24, 2.45) is 0 Å². The molecule has 0 unspecified atom stereocenters. The first-order chi connectivity index (χ1) is 6.59. The highest BCUT2D eigenvalue weighted by atomic mass is 35.5. The molecule has 0 aliphatic heterocycles. The van der Waals surface area contributed by atoms with Gasteiger partial charge >= 0.3 is 0 Å². The van der Waals surface area contributed by atoms with Crippen molar-refractivity contribution in [2.45, 2.75) is 12.8 Å². The smallest absolute Gasteiger partial charge is 0.245 e. The Morgan fingerprint density at radius 1 is 1.29 bits per heavy atom. The van der Waals surface area contributed by atoms with Crippen molar-refractivity contribution in [1.29, 1.82) is 0 Å². The molecule has 1 rings (SSSR count). The molecule has 0 saturated carbocycles. The lowest BCUT2D eigenvalue weighted by Crippen LogP contribution is -2.08. The first-order valence-corrected chi connectivity index (χ1v) is 4.43. The van der Waals surface area contributed by atoms with Crippen molar-refractivity contribution in [3.8, 4) is 0 Å². The molecular formula is C6H6Cl2F2N4. The minimum atomic E-state index is -2.37. The second-order valence-corrected chi connectivity index (χ2v) is 3.02. The molecule has 0 fully saturated rings. The molecule has 0 amide bonds. The summed E-state index contributed by atoms with van der Waals surface area (Å²) in [6.07, 6.45) is -2.66. The Bertz CT molecular complexity index is 310. The van der Waals surface area contributed by atoms with Crippen molar-refractivity contribution in [3.63, 3.8) is 0 Å². The van der Waals surface area contributed by atoms with E-state index in [2.05, 4.69) is 20.5 Å². The van der Waals surface area contributed by atoms with Gasteiger partial charge in [0, 0.05) is 13.0 Å². The predicted octanol–water partition coefficient (Wildman–Crippen LogP) is 2.25. The van der Waals surface area contributed by atoms with E-state index in [0.717, 1.165) is 0 Å². The van der Waals surface area contributed by atoms with E-state index in [1.165, 1.54) is 0 Å². The van der Waals surface area contributed by atoms with E-state index >= 15 is 0 Å². The zero-order chi connectivity index (χ0) is 10.6. The number of anilines is 1.